The zero-order valence-electron chi connectivity index (χ0n) is 9.92. The number of carbonyl (C=O) groups excluding carboxylic acids is 1. The molecule has 0 heterocycles. The molecule has 0 unspecified atom stereocenters. The quantitative estimate of drug-likeness (QED) is 0.634. The lowest BCUT2D eigenvalue weighted by atomic mass is 10.1. The number of carboxylic acids is 1. The number of carboxylic acid groups (broad SMARTS) is 1. The van der Waals surface area contributed by atoms with E-state index in [4.69, 9.17) is 16.7 Å². The van der Waals surface area contributed by atoms with Crippen LogP contribution in [0.25, 0.3) is 0 Å². The van der Waals surface area contributed by atoms with E-state index in [0.29, 0.717) is 0 Å². The van der Waals surface area contributed by atoms with E-state index < -0.39 is 22.8 Å². The van der Waals surface area contributed by atoms with Gasteiger partial charge in [0.05, 0.1) is 15.5 Å². The van der Waals surface area contributed by atoms with Crippen LogP contribution in [0.5, 0.6) is 0 Å². The maximum absolute atomic E-state index is 11.8. The van der Waals surface area contributed by atoms with Gasteiger partial charge in [-0.1, -0.05) is 18.5 Å². The van der Waals surface area contributed by atoms with Gasteiger partial charge >= 0.3 is 5.97 Å². The molecule has 0 fully saturated rings. The van der Waals surface area contributed by atoms with Crippen molar-refractivity contribution in [3.8, 4) is 0 Å². The van der Waals surface area contributed by atoms with Gasteiger partial charge < -0.3 is 10.4 Å². The van der Waals surface area contributed by atoms with E-state index in [9.17, 15) is 19.7 Å². The first-order chi connectivity index (χ1) is 8.86. The van der Waals surface area contributed by atoms with Crippen LogP contribution in [0.3, 0.4) is 0 Å². The number of carbonyl (C=O) groups is 2. The molecule has 0 aliphatic rings. The maximum atomic E-state index is 11.8. The summed E-state index contributed by atoms with van der Waals surface area (Å²) >= 11 is 5.77. The second kappa shape index (κ2) is 6.14. The van der Waals surface area contributed by atoms with Gasteiger partial charge in [-0.2, -0.15) is 0 Å². The van der Waals surface area contributed by atoms with Crippen molar-refractivity contribution in [1.29, 1.82) is 0 Å². The van der Waals surface area contributed by atoms with Gasteiger partial charge in [0.1, 0.15) is 6.04 Å². The van der Waals surface area contributed by atoms with E-state index in [1.54, 1.807) is 6.92 Å². The summed E-state index contributed by atoms with van der Waals surface area (Å²) in [7, 11) is 0. The van der Waals surface area contributed by atoms with Crippen LogP contribution in [-0.2, 0) is 4.79 Å². The van der Waals surface area contributed by atoms with Gasteiger partial charge in [0.2, 0.25) is 0 Å². The van der Waals surface area contributed by atoms with Gasteiger partial charge in [0.15, 0.2) is 0 Å². The Hall–Kier alpha value is -2.15. The molecule has 0 radical (unpaired) electrons. The van der Waals surface area contributed by atoms with Crippen molar-refractivity contribution >= 4 is 29.2 Å². The summed E-state index contributed by atoms with van der Waals surface area (Å²) in [6.07, 6.45) is 0.188. The van der Waals surface area contributed by atoms with Crippen molar-refractivity contribution < 1.29 is 19.6 Å². The highest BCUT2D eigenvalue weighted by atomic mass is 35.5. The van der Waals surface area contributed by atoms with E-state index in [1.807, 2.05) is 0 Å². The first kappa shape index (κ1) is 14.9. The average molecular weight is 287 g/mol. The van der Waals surface area contributed by atoms with Gasteiger partial charge in [0.25, 0.3) is 11.6 Å². The first-order valence-electron chi connectivity index (χ1n) is 5.34. The molecule has 0 saturated heterocycles. The molecule has 1 rings (SSSR count). The van der Waals surface area contributed by atoms with Crippen molar-refractivity contribution in [3.05, 3.63) is 38.9 Å². The molecule has 102 valence electrons. The van der Waals surface area contributed by atoms with Crippen LogP contribution < -0.4 is 5.32 Å². The number of aliphatic carboxylic acids is 1. The predicted octanol–water partition coefficient (Wildman–Crippen LogP) is 1.84. The molecule has 1 aromatic carbocycles. The zero-order chi connectivity index (χ0) is 14.6. The average Bonchev–Trinajstić information content (AvgIpc) is 2.35. The minimum absolute atomic E-state index is 0.0170. The third-order valence-electron chi connectivity index (χ3n) is 2.42. The summed E-state index contributed by atoms with van der Waals surface area (Å²) in [5, 5.41) is 21.7. The fourth-order valence-electron chi connectivity index (χ4n) is 1.38. The fourth-order valence-corrected chi connectivity index (χ4v) is 1.58. The Morgan fingerprint density at radius 2 is 2.16 bits per heavy atom. The van der Waals surface area contributed by atoms with Crippen molar-refractivity contribution in [2.24, 2.45) is 0 Å². The van der Waals surface area contributed by atoms with Crippen molar-refractivity contribution in [3.63, 3.8) is 0 Å². The molecular weight excluding hydrogens is 276 g/mol. The van der Waals surface area contributed by atoms with Crippen molar-refractivity contribution in [1.82, 2.24) is 5.32 Å². The Kier molecular flexibility index (Phi) is 4.82. The van der Waals surface area contributed by atoms with Gasteiger partial charge in [0, 0.05) is 12.1 Å². The summed E-state index contributed by atoms with van der Waals surface area (Å²) in [4.78, 5) is 32.6. The molecule has 0 saturated carbocycles. The summed E-state index contributed by atoms with van der Waals surface area (Å²) in [6.45, 7) is 1.59. The van der Waals surface area contributed by atoms with E-state index in [0.717, 1.165) is 12.1 Å². The number of halogens is 1. The molecule has 0 bridgehead atoms. The number of nitrogens with one attached hydrogen (secondary N) is 1. The highest BCUT2D eigenvalue weighted by Crippen LogP contribution is 2.22. The van der Waals surface area contributed by atoms with Crippen LogP contribution in [0.4, 0.5) is 5.69 Å². The molecule has 19 heavy (non-hydrogen) atoms. The largest absolute Gasteiger partial charge is 0.480 e. The molecule has 1 amide bonds. The minimum Gasteiger partial charge on any atom is -0.480 e. The molecule has 8 heteroatoms. The second-order valence-corrected chi connectivity index (χ2v) is 4.10. The second-order valence-electron chi connectivity index (χ2n) is 3.69. The number of hydrogen-bond acceptors (Lipinski definition) is 4. The number of non-ortho nitro benzene ring substituents is 1. The summed E-state index contributed by atoms with van der Waals surface area (Å²) < 4.78 is 0. The highest BCUT2D eigenvalue weighted by Gasteiger charge is 2.21. The number of rotatable bonds is 5. The molecular formula is C11H11ClN2O5. The van der Waals surface area contributed by atoms with Crippen LogP contribution in [0.1, 0.15) is 23.7 Å². The fraction of sp³-hybridized carbons (Fsp3) is 0.273. The molecule has 1 aromatic rings. The molecule has 0 spiro atoms. The monoisotopic (exact) mass is 286 g/mol. The topological polar surface area (TPSA) is 110 Å². The lowest BCUT2D eigenvalue weighted by Gasteiger charge is -2.12. The maximum Gasteiger partial charge on any atom is 0.326 e. The third-order valence-corrected chi connectivity index (χ3v) is 2.75. The number of nitrogens with zero attached hydrogens (tertiary/aromatic N) is 1. The van der Waals surface area contributed by atoms with E-state index in [-0.39, 0.29) is 22.7 Å². The summed E-state index contributed by atoms with van der Waals surface area (Å²) in [5.74, 6) is -1.94. The SMILES string of the molecule is CC[C@@H](NC(=O)c1cc([N+](=O)[O-])ccc1Cl)C(=O)O. The first-order valence-corrected chi connectivity index (χ1v) is 5.72. The molecule has 1 atom stereocenters. The summed E-state index contributed by atoms with van der Waals surface area (Å²) in [5.41, 5.74) is -0.423. The molecule has 7 nitrogen and oxygen atoms in total. The number of benzene rings is 1. The van der Waals surface area contributed by atoms with Gasteiger partial charge in [-0.3, -0.25) is 14.9 Å². The molecule has 2 N–H and O–H groups in total. The smallest absolute Gasteiger partial charge is 0.326 e. The molecule has 0 aliphatic heterocycles. The molecule has 0 aliphatic carbocycles. The Balaban J connectivity index is 3.02. The standard InChI is InChI=1S/C11H11ClN2O5/c1-2-9(11(16)17)13-10(15)7-5-6(14(18)19)3-4-8(7)12/h3-5,9H,2H2,1H3,(H,13,15)(H,16,17)/t9-/m1/s1. The normalized spacial score (nSPS) is 11.7. The van der Waals surface area contributed by atoms with E-state index >= 15 is 0 Å². The predicted molar refractivity (Wildman–Crippen MR) is 67.3 cm³/mol. The van der Waals surface area contributed by atoms with Gasteiger partial charge in [-0.05, 0) is 12.5 Å². The Labute approximate surface area is 113 Å². The summed E-state index contributed by atoms with van der Waals surface area (Å²) in [6, 6.07) is 2.32. The lowest BCUT2D eigenvalue weighted by molar-refractivity contribution is -0.384. The third kappa shape index (κ3) is 3.65. The van der Waals surface area contributed by atoms with Crippen molar-refractivity contribution in [2.75, 3.05) is 0 Å². The zero-order valence-corrected chi connectivity index (χ0v) is 10.7. The van der Waals surface area contributed by atoms with E-state index in [1.165, 1.54) is 6.07 Å². The Morgan fingerprint density at radius 3 is 2.63 bits per heavy atom. The lowest BCUT2D eigenvalue weighted by Crippen LogP contribution is -2.40. The highest BCUT2D eigenvalue weighted by molar-refractivity contribution is 6.34. The Bertz CT molecular complexity index is 532. The van der Waals surface area contributed by atoms with Gasteiger partial charge in [-0.15, -0.1) is 0 Å². The van der Waals surface area contributed by atoms with Crippen molar-refractivity contribution in [2.45, 2.75) is 19.4 Å². The van der Waals surface area contributed by atoms with Crippen LogP contribution in [-0.4, -0.2) is 27.9 Å². The van der Waals surface area contributed by atoms with Gasteiger partial charge in [-0.25, -0.2) is 4.79 Å². The Morgan fingerprint density at radius 1 is 1.53 bits per heavy atom. The van der Waals surface area contributed by atoms with Crippen LogP contribution in [0, 0.1) is 10.1 Å². The number of nitro benzene ring substituents is 1. The van der Waals surface area contributed by atoms with Crippen LogP contribution in [0.2, 0.25) is 5.02 Å². The minimum atomic E-state index is -1.18. The molecule has 0 aromatic heterocycles. The van der Waals surface area contributed by atoms with Crippen LogP contribution >= 0.6 is 11.6 Å². The number of hydrogen-bond donors (Lipinski definition) is 2. The number of amides is 1. The van der Waals surface area contributed by atoms with Crippen LogP contribution in [0.15, 0.2) is 18.2 Å². The van der Waals surface area contributed by atoms with E-state index in [2.05, 4.69) is 5.32 Å². The number of nitro groups is 1.